The zero-order valence-electron chi connectivity index (χ0n) is 28.0. The van der Waals surface area contributed by atoms with Gasteiger partial charge in [-0.15, -0.1) is 11.5 Å². The number of hydrogen-bond donors (Lipinski definition) is 2. The number of hydrogen-bond acceptors (Lipinski definition) is 8. The lowest BCUT2D eigenvalue weighted by Crippen LogP contribution is -2.51. The Hall–Kier alpha value is -4.31. The molecule has 0 radical (unpaired) electrons. The van der Waals surface area contributed by atoms with Crippen molar-refractivity contribution in [2.75, 3.05) is 65.1 Å². The van der Waals surface area contributed by atoms with E-state index in [9.17, 15) is 14.4 Å². The van der Waals surface area contributed by atoms with Crippen LogP contribution in [0.3, 0.4) is 0 Å². The molecular formula is C36H45ClN8O4. The van der Waals surface area contributed by atoms with E-state index in [0.29, 0.717) is 67.7 Å². The van der Waals surface area contributed by atoms with Crippen LogP contribution in [0.15, 0.2) is 47.3 Å². The van der Waals surface area contributed by atoms with Gasteiger partial charge in [-0.2, -0.15) is 0 Å². The van der Waals surface area contributed by atoms with Crippen molar-refractivity contribution in [1.82, 2.24) is 34.4 Å². The molecule has 0 saturated carbocycles. The summed E-state index contributed by atoms with van der Waals surface area (Å²) in [6, 6.07) is 13.1. The lowest BCUT2D eigenvalue weighted by molar-refractivity contribution is -0.142. The van der Waals surface area contributed by atoms with Gasteiger partial charge in [0.1, 0.15) is 0 Å². The van der Waals surface area contributed by atoms with Crippen LogP contribution in [0.4, 0.5) is 10.5 Å². The van der Waals surface area contributed by atoms with Gasteiger partial charge in [0.2, 0.25) is 0 Å². The molecule has 260 valence electrons. The number of nitrogens with zero attached hydrogens (tertiary/aromatic N) is 6. The minimum absolute atomic E-state index is 0.110. The lowest BCUT2D eigenvalue weighted by atomic mass is 10.00. The molecule has 3 saturated heterocycles. The van der Waals surface area contributed by atoms with Crippen molar-refractivity contribution in [3.8, 4) is 23.7 Å². The third kappa shape index (κ3) is 8.12. The Kier molecular flexibility index (Phi) is 10.9. The first-order valence-corrected chi connectivity index (χ1v) is 17.5. The molecule has 0 bridgehead atoms. The number of H-pyrrole nitrogens is 1. The van der Waals surface area contributed by atoms with Gasteiger partial charge in [-0.25, -0.2) is 14.3 Å². The Morgan fingerprint density at radius 1 is 1.00 bits per heavy atom. The topological polar surface area (TPSA) is 133 Å². The smallest absolute Gasteiger partial charge is 0.410 e. The second-order valence-electron chi connectivity index (χ2n) is 13.3. The molecule has 0 unspecified atom stereocenters. The third-order valence-corrected chi connectivity index (χ3v) is 10.4. The SMILES string of the molecule is C#Cc1cc(C[C@@H](OC(=O)N2CCC(n3nc(-c4ccccc4)[nH]c3=O)CC2)C(=O)N2CCC(N3CCCN(C)CC3)CC2)cc(Cl)c1N. The summed E-state index contributed by atoms with van der Waals surface area (Å²) >= 11 is 6.39. The number of ether oxygens (including phenoxy) is 1. The number of nitrogens with two attached hydrogens (primary N) is 1. The maximum Gasteiger partial charge on any atom is 0.410 e. The minimum atomic E-state index is -1.07. The van der Waals surface area contributed by atoms with Gasteiger partial charge in [-0.1, -0.05) is 47.9 Å². The number of benzene rings is 2. The number of rotatable bonds is 7. The molecule has 3 fully saturated rings. The van der Waals surface area contributed by atoms with Crippen LogP contribution >= 0.6 is 11.6 Å². The summed E-state index contributed by atoms with van der Waals surface area (Å²) in [4.78, 5) is 51.6. The average Bonchev–Trinajstić information content (AvgIpc) is 3.38. The molecule has 0 spiro atoms. The van der Waals surface area contributed by atoms with E-state index < -0.39 is 12.2 Å². The largest absolute Gasteiger partial charge is 0.436 e. The molecule has 13 heteroatoms. The second-order valence-corrected chi connectivity index (χ2v) is 13.7. The Labute approximate surface area is 292 Å². The molecule has 3 aliphatic heterocycles. The molecule has 6 rings (SSSR count). The predicted molar refractivity (Wildman–Crippen MR) is 189 cm³/mol. The summed E-state index contributed by atoms with van der Waals surface area (Å²) in [6.45, 7) is 6.15. The van der Waals surface area contributed by atoms with Crippen LogP contribution < -0.4 is 11.4 Å². The molecule has 1 atom stereocenters. The van der Waals surface area contributed by atoms with E-state index >= 15 is 0 Å². The lowest BCUT2D eigenvalue weighted by Gasteiger charge is -2.39. The highest BCUT2D eigenvalue weighted by molar-refractivity contribution is 6.33. The molecule has 4 heterocycles. The van der Waals surface area contributed by atoms with E-state index in [0.717, 1.165) is 51.0 Å². The standard InChI is InChI=1S/C36H45ClN8O4/c1-3-26-22-25(23-30(37)32(26)38)24-31(34(46)43-16-10-28(11-17-43)42-15-7-14-41(2)20-21-42)49-36(48)44-18-12-29(13-19-44)45-35(47)39-33(40-45)27-8-5-4-6-9-27/h1,4-6,8-9,22-23,28-29,31H,7,10-21,24,38H2,2H3,(H,39,40,47)/t31-/m1/s1. The van der Waals surface area contributed by atoms with Gasteiger partial charge in [0.05, 0.1) is 16.8 Å². The second kappa shape index (κ2) is 15.5. The summed E-state index contributed by atoms with van der Waals surface area (Å²) < 4.78 is 7.49. The molecule has 12 nitrogen and oxygen atoms in total. The maximum absolute atomic E-state index is 14.1. The Morgan fingerprint density at radius 3 is 2.41 bits per heavy atom. The number of amides is 2. The average molecular weight is 689 g/mol. The molecule has 0 aliphatic carbocycles. The number of carbonyl (C=O) groups is 2. The Morgan fingerprint density at radius 2 is 1.69 bits per heavy atom. The number of anilines is 1. The van der Waals surface area contributed by atoms with E-state index in [1.54, 1.807) is 17.0 Å². The van der Waals surface area contributed by atoms with Crippen LogP contribution in [0.5, 0.6) is 0 Å². The van der Waals surface area contributed by atoms with Crippen LogP contribution in [-0.2, 0) is 16.0 Å². The van der Waals surface area contributed by atoms with Crippen LogP contribution in [0, 0.1) is 12.3 Å². The van der Waals surface area contributed by atoms with Crippen molar-refractivity contribution in [1.29, 1.82) is 0 Å². The third-order valence-electron chi connectivity index (χ3n) is 10.1. The van der Waals surface area contributed by atoms with Gasteiger partial charge in [0, 0.05) is 62.9 Å². The summed E-state index contributed by atoms with van der Waals surface area (Å²) in [6.07, 6.45) is 8.06. The highest BCUT2D eigenvalue weighted by Gasteiger charge is 2.35. The highest BCUT2D eigenvalue weighted by Crippen LogP contribution is 2.28. The number of nitrogen functional groups attached to an aromatic ring is 1. The minimum Gasteiger partial charge on any atom is -0.436 e. The van der Waals surface area contributed by atoms with Gasteiger partial charge in [-0.05, 0) is 69.9 Å². The summed E-state index contributed by atoms with van der Waals surface area (Å²) in [5, 5.41) is 4.83. The van der Waals surface area contributed by atoms with Crippen molar-refractivity contribution in [2.24, 2.45) is 0 Å². The van der Waals surface area contributed by atoms with Crippen molar-refractivity contribution >= 4 is 29.3 Å². The predicted octanol–water partition coefficient (Wildman–Crippen LogP) is 3.47. The molecular weight excluding hydrogens is 644 g/mol. The molecule has 2 aromatic carbocycles. The zero-order chi connectivity index (χ0) is 34.5. The summed E-state index contributed by atoms with van der Waals surface area (Å²) in [5.74, 6) is 2.82. The van der Waals surface area contributed by atoms with Crippen LogP contribution in [0.1, 0.15) is 49.3 Å². The number of halogens is 1. The molecule has 1 aromatic heterocycles. The zero-order valence-corrected chi connectivity index (χ0v) is 28.8. The van der Waals surface area contributed by atoms with Crippen LogP contribution in [0.25, 0.3) is 11.4 Å². The van der Waals surface area contributed by atoms with Gasteiger partial charge in [-0.3, -0.25) is 14.7 Å². The molecule has 2 amide bonds. The number of piperidine rings is 2. The van der Waals surface area contributed by atoms with E-state index in [4.69, 9.17) is 28.5 Å². The van der Waals surface area contributed by atoms with E-state index in [1.165, 1.54) is 4.68 Å². The van der Waals surface area contributed by atoms with E-state index in [-0.39, 0.29) is 29.1 Å². The fourth-order valence-electron chi connectivity index (χ4n) is 7.19. The van der Waals surface area contributed by atoms with Gasteiger partial charge in [0.25, 0.3) is 5.91 Å². The van der Waals surface area contributed by atoms with Crippen molar-refractivity contribution < 1.29 is 14.3 Å². The highest BCUT2D eigenvalue weighted by atomic mass is 35.5. The first-order chi connectivity index (χ1) is 23.7. The number of carbonyl (C=O) groups excluding carboxylic acids is 2. The molecule has 3 aromatic rings. The monoisotopic (exact) mass is 688 g/mol. The first-order valence-electron chi connectivity index (χ1n) is 17.2. The van der Waals surface area contributed by atoms with Gasteiger partial charge < -0.3 is 25.2 Å². The van der Waals surface area contributed by atoms with E-state index in [2.05, 4.69) is 32.9 Å². The Bertz CT molecular complexity index is 1720. The number of terminal acetylenes is 1. The van der Waals surface area contributed by atoms with E-state index in [1.807, 2.05) is 35.2 Å². The van der Waals surface area contributed by atoms with Crippen molar-refractivity contribution in [3.63, 3.8) is 0 Å². The van der Waals surface area contributed by atoms with Crippen molar-refractivity contribution in [3.05, 3.63) is 69.1 Å². The summed E-state index contributed by atoms with van der Waals surface area (Å²) in [7, 11) is 2.16. The van der Waals surface area contributed by atoms with Gasteiger partial charge in [0.15, 0.2) is 11.9 Å². The maximum atomic E-state index is 14.1. The van der Waals surface area contributed by atoms with Crippen LogP contribution in [0.2, 0.25) is 5.02 Å². The number of likely N-dealkylation sites (N-methyl/N-ethyl adjacent to an activating group) is 1. The molecule has 3 N–H and O–H groups in total. The normalized spacial score (nSPS) is 19.3. The first kappa shape index (κ1) is 34.5. The summed E-state index contributed by atoms with van der Waals surface area (Å²) in [5.41, 5.74) is 7.98. The van der Waals surface area contributed by atoms with Crippen LogP contribution in [-0.4, -0.2) is 118 Å². The number of aromatic nitrogens is 3. The molecule has 49 heavy (non-hydrogen) atoms. The fourth-order valence-corrected chi connectivity index (χ4v) is 7.43. The number of likely N-dealkylation sites (tertiary alicyclic amines) is 2. The number of nitrogens with one attached hydrogen (secondary N) is 1. The molecule has 3 aliphatic rings. The number of aromatic amines is 1. The van der Waals surface area contributed by atoms with Gasteiger partial charge >= 0.3 is 11.8 Å². The quantitative estimate of drug-likeness (QED) is 0.285. The Balaban J connectivity index is 1.12. The fraction of sp³-hybridized carbons (Fsp3) is 0.500. The van der Waals surface area contributed by atoms with Crippen molar-refractivity contribution in [2.45, 2.75) is 56.7 Å².